The Morgan fingerprint density at radius 3 is 1.83 bits per heavy atom. The minimum atomic E-state index is -0.226. The number of para-hydroxylation sites is 2. The zero-order chi connectivity index (χ0) is 39.7. The number of nitrogens with zero attached hydrogens (tertiary/aromatic N) is 4. The van der Waals surface area contributed by atoms with Crippen molar-refractivity contribution in [3.63, 3.8) is 0 Å². The highest BCUT2D eigenvalue weighted by Gasteiger charge is 2.38. The summed E-state index contributed by atoms with van der Waals surface area (Å²) in [5.74, 6) is 1.83. The van der Waals surface area contributed by atoms with Gasteiger partial charge in [-0.2, -0.15) is 0 Å². The van der Waals surface area contributed by atoms with Crippen molar-refractivity contribution in [3.8, 4) is 51.0 Å². The van der Waals surface area contributed by atoms with Crippen molar-refractivity contribution in [1.82, 2.24) is 19.5 Å². The van der Waals surface area contributed by atoms with Gasteiger partial charge in [0.1, 0.15) is 22.3 Å². The highest BCUT2D eigenvalue weighted by atomic mass is 16.3. The van der Waals surface area contributed by atoms with Crippen molar-refractivity contribution >= 4 is 65.7 Å². The molecule has 4 heterocycles. The first kappa shape index (κ1) is 33.2. The molecule has 0 amide bonds. The summed E-state index contributed by atoms with van der Waals surface area (Å²) in [6.45, 7) is 4.72. The number of benzene rings is 8. The maximum atomic E-state index is 6.46. The molecule has 0 saturated heterocycles. The van der Waals surface area contributed by atoms with E-state index in [2.05, 4.69) is 122 Å². The zero-order valence-corrected chi connectivity index (χ0v) is 32.8. The first-order valence-corrected chi connectivity index (χ1v) is 20.4. The van der Waals surface area contributed by atoms with Crippen LogP contribution in [-0.4, -0.2) is 19.5 Å². The van der Waals surface area contributed by atoms with E-state index >= 15 is 0 Å². The molecule has 6 heteroatoms. The third-order valence-corrected chi connectivity index (χ3v) is 12.6. The van der Waals surface area contributed by atoms with E-state index in [1.165, 1.54) is 38.5 Å². The Hall–Kier alpha value is -7.83. The molecule has 282 valence electrons. The van der Waals surface area contributed by atoms with Crippen molar-refractivity contribution in [2.45, 2.75) is 19.3 Å². The predicted octanol–water partition coefficient (Wildman–Crippen LogP) is 14.1. The van der Waals surface area contributed by atoms with Crippen molar-refractivity contribution in [1.29, 1.82) is 0 Å². The average Bonchev–Trinajstić information content (AvgIpc) is 4.03. The smallest absolute Gasteiger partial charge is 0.164 e. The second kappa shape index (κ2) is 12.1. The summed E-state index contributed by atoms with van der Waals surface area (Å²) in [5, 5.41) is 6.76. The Morgan fingerprint density at radius 2 is 1.03 bits per heavy atom. The monoisotopic (exact) mass is 770 g/mol. The van der Waals surface area contributed by atoms with Crippen LogP contribution in [-0.2, 0) is 5.41 Å². The van der Waals surface area contributed by atoms with Crippen LogP contribution in [0.25, 0.3) is 117 Å². The summed E-state index contributed by atoms with van der Waals surface area (Å²) in [6.07, 6.45) is 0. The number of hydrogen-bond acceptors (Lipinski definition) is 5. The number of furan rings is 2. The van der Waals surface area contributed by atoms with E-state index in [1.54, 1.807) is 0 Å². The molecular formula is C54H34N4O2. The van der Waals surface area contributed by atoms with E-state index in [0.29, 0.717) is 17.5 Å². The quantitative estimate of drug-likeness (QED) is 0.178. The van der Waals surface area contributed by atoms with Gasteiger partial charge in [0.25, 0.3) is 0 Å². The fourth-order valence-electron chi connectivity index (χ4n) is 9.91. The summed E-state index contributed by atoms with van der Waals surface area (Å²) in [7, 11) is 0. The van der Waals surface area contributed by atoms with Gasteiger partial charge in [0, 0.05) is 60.1 Å². The lowest BCUT2D eigenvalue weighted by molar-refractivity contribution is 0.664. The molecule has 1 aliphatic carbocycles. The summed E-state index contributed by atoms with van der Waals surface area (Å²) in [5.41, 5.74) is 14.6. The van der Waals surface area contributed by atoms with E-state index in [1.807, 2.05) is 66.7 Å². The first-order chi connectivity index (χ1) is 29.5. The molecule has 0 fully saturated rings. The molecule has 6 nitrogen and oxygen atoms in total. The lowest BCUT2D eigenvalue weighted by Gasteiger charge is -2.23. The Balaban J connectivity index is 1.03. The predicted molar refractivity (Wildman–Crippen MR) is 243 cm³/mol. The van der Waals surface area contributed by atoms with E-state index in [4.69, 9.17) is 23.8 Å². The van der Waals surface area contributed by atoms with Crippen molar-refractivity contribution in [3.05, 3.63) is 181 Å². The van der Waals surface area contributed by atoms with Gasteiger partial charge in [-0.15, -0.1) is 0 Å². The topological polar surface area (TPSA) is 69.9 Å². The van der Waals surface area contributed by atoms with Gasteiger partial charge in [-0.25, -0.2) is 15.0 Å². The minimum Gasteiger partial charge on any atom is -0.456 e. The highest BCUT2D eigenvalue weighted by molar-refractivity contribution is 6.28. The van der Waals surface area contributed by atoms with Crippen LogP contribution in [0, 0.1) is 0 Å². The molecule has 8 aromatic carbocycles. The van der Waals surface area contributed by atoms with Gasteiger partial charge in [0.2, 0.25) is 0 Å². The molecule has 0 aliphatic heterocycles. The Morgan fingerprint density at radius 1 is 0.433 bits per heavy atom. The van der Waals surface area contributed by atoms with Gasteiger partial charge < -0.3 is 13.4 Å². The Kier molecular flexibility index (Phi) is 6.69. The largest absolute Gasteiger partial charge is 0.456 e. The molecule has 0 saturated carbocycles. The van der Waals surface area contributed by atoms with E-state index in [-0.39, 0.29) is 5.41 Å². The van der Waals surface area contributed by atoms with Crippen molar-refractivity contribution in [2.24, 2.45) is 0 Å². The average molecular weight is 771 g/mol. The van der Waals surface area contributed by atoms with Gasteiger partial charge in [0.15, 0.2) is 17.5 Å². The molecule has 60 heavy (non-hydrogen) atoms. The SMILES string of the molecule is CC1(C)c2ccccc2-c2ccc3c4c5c(ccc4n(-c4ccc(-c6nc(-c7ccccc7)nc(-c7ccc8oc9ccccc9c8c7)n6)cc4)c3c21)oc1ccccc15. The number of rotatable bonds is 4. The molecule has 0 spiro atoms. The number of fused-ring (bicyclic) bond motifs is 14. The second-order valence-corrected chi connectivity index (χ2v) is 16.3. The molecule has 13 rings (SSSR count). The molecule has 0 unspecified atom stereocenters. The van der Waals surface area contributed by atoms with E-state index < -0.39 is 0 Å². The Labute approximate surface area is 344 Å². The number of aromatic nitrogens is 4. The third-order valence-electron chi connectivity index (χ3n) is 12.6. The summed E-state index contributed by atoms with van der Waals surface area (Å²) in [4.78, 5) is 15.3. The summed E-state index contributed by atoms with van der Waals surface area (Å²) < 4.78 is 15.1. The van der Waals surface area contributed by atoms with Crippen LogP contribution in [0.3, 0.4) is 0 Å². The maximum Gasteiger partial charge on any atom is 0.164 e. The second-order valence-electron chi connectivity index (χ2n) is 16.3. The molecule has 1 aliphatic rings. The summed E-state index contributed by atoms with van der Waals surface area (Å²) in [6, 6.07) is 59.3. The molecular weight excluding hydrogens is 737 g/mol. The summed E-state index contributed by atoms with van der Waals surface area (Å²) >= 11 is 0. The van der Waals surface area contributed by atoms with Gasteiger partial charge in [-0.1, -0.05) is 117 Å². The van der Waals surface area contributed by atoms with Crippen LogP contribution >= 0.6 is 0 Å². The number of hydrogen-bond donors (Lipinski definition) is 0. The lowest BCUT2D eigenvalue weighted by atomic mass is 9.81. The van der Waals surface area contributed by atoms with Crippen LogP contribution in [0.4, 0.5) is 0 Å². The van der Waals surface area contributed by atoms with Gasteiger partial charge in [-0.05, 0) is 89.0 Å². The highest BCUT2D eigenvalue weighted by Crippen LogP contribution is 2.54. The molecule has 0 atom stereocenters. The van der Waals surface area contributed by atoms with Crippen LogP contribution in [0.15, 0.2) is 179 Å². The van der Waals surface area contributed by atoms with Gasteiger partial charge in [-0.3, -0.25) is 0 Å². The zero-order valence-electron chi connectivity index (χ0n) is 32.8. The molecule has 4 aromatic heterocycles. The third kappa shape index (κ3) is 4.61. The van der Waals surface area contributed by atoms with Gasteiger partial charge in [0.05, 0.1) is 11.0 Å². The van der Waals surface area contributed by atoms with E-state index in [9.17, 15) is 0 Å². The van der Waals surface area contributed by atoms with E-state index in [0.717, 1.165) is 71.8 Å². The van der Waals surface area contributed by atoms with Crippen molar-refractivity contribution in [2.75, 3.05) is 0 Å². The van der Waals surface area contributed by atoms with Crippen LogP contribution in [0.1, 0.15) is 25.0 Å². The normalized spacial score (nSPS) is 13.3. The van der Waals surface area contributed by atoms with Crippen LogP contribution < -0.4 is 0 Å². The molecule has 0 radical (unpaired) electrons. The minimum absolute atomic E-state index is 0.226. The maximum absolute atomic E-state index is 6.46. The Bertz CT molecular complexity index is 3740. The molecule has 0 bridgehead atoms. The van der Waals surface area contributed by atoms with Crippen molar-refractivity contribution < 1.29 is 8.83 Å². The lowest BCUT2D eigenvalue weighted by Crippen LogP contribution is -2.16. The standard InChI is InChI=1S/C54H34N4O2/c1-54(2)41-17-9-6-14-35(41)37-25-26-39-47-42(27-29-46-48(47)38-16-8-11-19-44(38)60-46)58(50(39)49(37)54)34-23-20-32(21-24-34)52-55-51(31-12-4-3-5-13-31)56-53(57-52)33-22-28-45-40(30-33)36-15-7-10-18-43(36)59-45/h3-30H,1-2H3. The fraction of sp³-hybridized carbons (Fsp3) is 0.0556. The van der Waals surface area contributed by atoms with Gasteiger partial charge >= 0.3 is 0 Å². The van der Waals surface area contributed by atoms with Crippen LogP contribution in [0.2, 0.25) is 0 Å². The molecule has 12 aromatic rings. The van der Waals surface area contributed by atoms with Crippen LogP contribution in [0.5, 0.6) is 0 Å². The molecule has 0 N–H and O–H groups in total. The fourth-order valence-corrected chi connectivity index (χ4v) is 9.91. The first-order valence-electron chi connectivity index (χ1n) is 20.4.